The zero-order valence-electron chi connectivity index (χ0n) is 7.79. The summed E-state index contributed by atoms with van der Waals surface area (Å²) in [5.74, 6) is 1.03. The van der Waals surface area contributed by atoms with Crippen LogP contribution in [0.1, 0.15) is 19.8 Å². The van der Waals surface area contributed by atoms with Crippen molar-refractivity contribution in [3.63, 3.8) is 0 Å². The number of fused-ring (bicyclic) bond motifs is 2. The third-order valence-corrected chi connectivity index (χ3v) is 2.95. The molecule has 3 nitrogen and oxygen atoms in total. The molecule has 2 fully saturated rings. The van der Waals surface area contributed by atoms with Crippen LogP contribution >= 0.6 is 12.4 Å². The van der Waals surface area contributed by atoms with Gasteiger partial charge in [-0.1, -0.05) is 0 Å². The van der Waals surface area contributed by atoms with E-state index in [-0.39, 0.29) is 24.5 Å². The molecule has 0 spiro atoms. The predicted octanol–water partition coefficient (Wildman–Crippen LogP) is 0.969. The summed E-state index contributed by atoms with van der Waals surface area (Å²) >= 11 is 0. The smallest absolute Gasteiger partial charge is 0.302 e. The van der Waals surface area contributed by atoms with Gasteiger partial charge in [-0.15, -0.1) is 12.4 Å². The van der Waals surface area contributed by atoms with Crippen molar-refractivity contribution in [3.05, 3.63) is 0 Å². The number of nitrogens with one attached hydrogen (secondary N) is 1. The van der Waals surface area contributed by atoms with Crippen LogP contribution in [-0.2, 0) is 9.53 Å². The summed E-state index contributed by atoms with van der Waals surface area (Å²) in [6, 6.07) is 0. The molecule has 4 heteroatoms. The third kappa shape index (κ3) is 2.15. The molecule has 76 valence electrons. The molecular weight excluding hydrogens is 190 g/mol. The van der Waals surface area contributed by atoms with Crippen molar-refractivity contribution in [2.24, 2.45) is 11.8 Å². The number of ether oxygens (including phenoxy) is 1. The maximum Gasteiger partial charge on any atom is 0.302 e. The largest absolute Gasteiger partial charge is 0.462 e. The monoisotopic (exact) mass is 205 g/mol. The van der Waals surface area contributed by atoms with Gasteiger partial charge in [-0.3, -0.25) is 4.79 Å². The van der Waals surface area contributed by atoms with Gasteiger partial charge in [0, 0.05) is 31.8 Å². The lowest BCUT2D eigenvalue weighted by Crippen LogP contribution is -2.43. The van der Waals surface area contributed by atoms with Crippen LogP contribution in [0.25, 0.3) is 0 Å². The number of esters is 1. The van der Waals surface area contributed by atoms with E-state index in [9.17, 15) is 4.79 Å². The van der Waals surface area contributed by atoms with E-state index in [1.807, 2.05) is 0 Å². The number of hydrogen-bond acceptors (Lipinski definition) is 3. The molecule has 13 heavy (non-hydrogen) atoms. The van der Waals surface area contributed by atoms with E-state index < -0.39 is 0 Å². The standard InChI is InChI=1S/C9H15NO2.ClH/c1-6(11)12-9-7-2-3-8(9)5-10-4-7;/h7-10H,2-5H2,1H3;1H. The highest BCUT2D eigenvalue weighted by atomic mass is 35.5. The molecule has 0 aromatic carbocycles. The Morgan fingerprint density at radius 1 is 1.31 bits per heavy atom. The fourth-order valence-corrected chi connectivity index (χ4v) is 2.42. The SMILES string of the molecule is CC(=O)OC1C2CCC1CNC2.Cl. The average molecular weight is 206 g/mol. The number of hydrogen-bond donors (Lipinski definition) is 1. The average Bonchev–Trinajstić information content (AvgIpc) is 2.30. The van der Waals surface area contributed by atoms with Gasteiger partial charge >= 0.3 is 5.97 Å². The number of carbonyl (C=O) groups is 1. The zero-order valence-corrected chi connectivity index (χ0v) is 8.60. The van der Waals surface area contributed by atoms with Gasteiger partial charge in [-0.05, 0) is 12.8 Å². The quantitative estimate of drug-likeness (QED) is 0.649. The molecule has 1 heterocycles. The van der Waals surface area contributed by atoms with E-state index in [0.717, 1.165) is 13.1 Å². The Kier molecular flexibility index (Phi) is 3.56. The van der Waals surface area contributed by atoms with Crippen molar-refractivity contribution < 1.29 is 9.53 Å². The minimum absolute atomic E-state index is 0. The third-order valence-electron chi connectivity index (χ3n) is 2.95. The lowest BCUT2D eigenvalue weighted by molar-refractivity contribution is -0.151. The zero-order chi connectivity index (χ0) is 8.55. The molecule has 1 N–H and O–H groups in total. The number of rotatable bonds is 1. The summed E-state index contributed by atoms with van der Waals surface area (Å²) in [6.45, 7) is 3.55. The number of carbonyl (C=O) groups excluding carboxylic acids is 1. The van der Waals surface area contributed by atoms with Gasteiger partial charge in [0.15, 0.2) is 0 Å². The Hall–Kier alpha value is -0.280. The summed E-state index contributed by atoms with van der Waals surface area (Å²) in [6.07, 6.45) is 2.65. The van der Waals surface area contributed by atoms with E-state index in [4.69, 9.17) is 4.74 Å². The maximum absolute atomic E-state index is 10.8. The van der Waals surface area contributed by atoms with Crippen LogP contribution in [0.2, 0.25) is 0 Å². The maximum atomic E-state index is 10.8. The Morgan fingerprint density at radius 3 is 2.31 bits per heavy atom. The first-order chi connectivity index (χ1) is 5.77. The molecule has 2 unspecified atom stereocenters. The lowest BCUT2D eigenvalue weighted by Gasteiger charge is -2.29. The summed E-state index contributed by atoms with van der Waals surface area (Å²) in [5, 5.41) is 3.36. The lowest BCUT2D eigenvalue weighted by atomic mass is 9.96. The highest BCUT2D eigenvalue weighted by Gasteiger charge is 2.40. The van der Waals surface area contributed by atoms with Gasteiger partial charge in [-0.25, -0.2) is 0 Å². The molecule has 1 saturated carbocycles. The normalized spacial score (nSPS) is 36.5. The van der Waals surface area contributed by atoms with Crippen LogP contribution in [0, 0.1) is 11.8 Å². The van der Waals surface area contributed by atoms with E-state index in [1.165, 1.54) is 19.8 Å². The molecule has 0 amide bonds. The first kappa shape index (κ1) is 10.8. The fraction of sp³-hybridized carbons (Fsp3) is 0.889. The molecule has 2 rings (SSSR count). The van der Waals surface area contributed by atoms with Crippen molar-refractivity contribution >= 4 is 18.4 Å². The Balaban J connectivity index is 0.000000845. The number of halogens is 1. The highest BCUT2D eigenvalue weighted by molar-refractivity contribution is 5.85. The molecule has 0 radical (unpaired) electrons. The summed E-state index contributed by atoms with van der Waals surface area (Å²) in [5.41, 5.74) is 0. The number of piperidine rings is 1. The predicted molar refractivity (Wildman–Crippen MR) is 51.9 cm³/mol. The molecule has 0 aromatic rings. The van der Waals surface area contributed by atoms with E-state index in [0.29, 0.717) is 11.8 Å². The van der Waals surface area contributed by atoms with Gasteiger partial charge in [-0.2, -0.15) is 0 Å². The minimum Gasteiger partial charge on any atom is -0.462 e. The molecule has 0 aromatic heterocycles. The summed E-state index contributed by atoms with van der Waals surface area (Å²) in [7, 11) is 0. The topological polar surface area (TPSA) is 38.3 Å². The van der Waals surface area contributed by atoms with Gasteiger partial charge in [0.1, 0.15) is 6.10 Å². The molecule has 1 aliphatic carbocycles. The van der Waals surface area contributed by atoms with Crippen LogP contribution in [0.15, 0.2) is 0 Å². The molecular formula is C9H16ClNO2. The molecule has 2 aliphatic rings. The van der Waals surface area contributed by atoms with Gasteiger partial charge in [0.25, 0.3) is 0 Å². The van der Waals surface area contributed by atoms with E-state index in [1.54, 1.807) is 0 Å². The van der Waals surface area contributed by atoms with Crippen molar-refractivity contribution in [2.45, 2.75) is 25.9 Å². The molecule has 1 saturated heterocycles. The van der Waals surface area contributed by atoms with Crippen LogP contribution in [0.3, 0.4) is 0 Å². The highest BCUT2D eigenvalue weighted by Crippen LogP contribution is 2.35. The van der Waals surface area contributed by atoms with E-state index >= 15 is 0 Å². The second-order valence-electron chi connectivity index (χ2n) is 3.83. The van der Waals surface area contributed by atoms with Gasteiger partial charge in [0.2, 0.25) is 0 Å². The van der Waals surface area contributed by atoms with E-state index in [2.05, 4.69) is 5.32 Å². The van der Waals surface area contributed by atoms with Crippen molar-refractivity contribution in [1.29, 1.82) is 0 Å². The van der Waals surface area contributed by atoms with Gasteiger partial charge in [0.05, 0.1) is 0 Å². The van der Waals surface area contributed by atoms with Crippen LogP contribution < -0.4 is 5.32 Å². The van der Waals surface area contributed by atoms with Crippen LogP contribution in [0.4, 0.5) is 0 Å². The Morgan fingerprint density at radius 2 is 1.85 bits per heavy atom. The van der Waals surface area contributed by atoms with Gasteiger partial charge < -0.3 is 10.1 Å². The Bertz CT molecular complexity index is 182. The summed E-state index contributed by atoms with van der Waals surface area (Å²) < 4.78 is 5.30. The second-order valence-corrected chi connectivity index (χ2v) is 3.83. The first-order valence-corrected chi connectivity index (χ1v) is 4.65. The van der Waals surface area contributed by atoms with Crippen molar-refractivity contribution in [2.75, 3.05) is 13.1 Å². The molecule has 2 bridgehead atoms. The molecule has 2 atom stereocenters. The fourth-order valence-electron chi connectivity index (χ4n) is 2.42. The second kappa shape index (κ2) is 4.29. The van der Waals surface area contributed by atoms with Crippen molar-refractivity contribution in [3.8, 4) is 0 Å². The minimum atomic E-state index is -0.126. The van der Waals surface area contributed by atoms with Crippen LogP contribution in [-0.4, -0.2) is 25.2 Å². The molecule has 1 aliphatic heterocycles. The summed E-state index contributed by atoms with van der Waals surface area (Å²) in [4.78, 5) is 10.8. The first-order valence-electron chi connectivity index (χ1n) is 4.65. The van der Waals surface area contributed by atoms with Crippen LogP contribution in [0.5, 0.6) is 0 Å². The Labute approximate surface area is 84.6 Å². The van der Waals surface area contributed by atoms with Crippen molar-refractivity contribution in [1.82, 2.24) is 5.32 Å².